The molecule has 0 radical (unpaired) electrons. The molecular weight excluding hydrogens is 344 g/mol. The molecule has 1 N–H and O–H groups in total. The van der Waals surface area contributed by atoms with Crippen LogP contribution < -0.4 is 9.62 Å². The fourth-order valence-corrected chi connectivity index (χ4v) is 4.17. The topological polar surface area (TPSA) is 92.8 Å². The average molecular weight is 368 g/mol. The Morgan fingerprint density at radius 1 is 1.40 bits per heavy atom. The lowest BCUT2D eigenvalue weighted by molar-refractivity contribution is -0.129. The largest absolute Gasteiger partial charge is 0.449 e. The third kappa shape index (κ3) is 4.31. The zero-order valence-corrected chi connectivity index (χ0v) is 15.7. The highest BCUT2D eigenvalue weighted by atomic mass is 32.2. The van der Waals surface area contributed by atoms with Gasteiger partial charge in [-0.25, -0.2) is 13.2 Å². The van der Waals surface area contributed by atoms with E-state index >= 15 is 0 Å². The van der Waals surface area contributed by atoms with Crippen molar-refractivity contribution in [1.82, 2.24) is 5.32 Å². The van der Waals surface area contributed by atoms with Gasteiger partial charge in [0.1, 0.15) is 0 Å². The lowest BCUT2D eigenvalue weighted by Gasteiger charge is -2.22. The number of nitrogens with one attached hydrogen (secondary N) is 1. The third-order valence-corrected chi connectivity index (χ3v) is 5.30. The van der Waals surface area contributed by atoms with Gasteiger partial charge in [0.25, 0.3) is 5.91 Å². The fraction of sp³-hybridized carbons (Fsp3) is 0.529. The molecule has 1 heterocycles. The molecule has 2 rings (SSSR count). The number of carbonyl (C=O) groups is 2. The number of carbonyl (C=O) groups excluding carboxylic acids is 2. The molecule has 2 atom stereocenters. The quantitative estimate of drug-likeness (QED) is 0.768. The molecule has 1 aliphatic rings. The van der Waals surface area contributed by atoms with Gasteiger partial charge in [0.05, 0.1) is 17.5 Å². The number of rotatable bonds is 6. The number of sulfonamides is 1. The maximum Gasteiger partial charge on any atom is 0.338 e. The van der Waals surface area contributed by atoms with Gasteiger partial charge < -0.3 is 10.1 Å². The van der Waals surface area contributed by atoms with Crippen molar-refractivity contribution >= 4 is 27.6 Å². The molecule has 138 valence electrons. The first kappa shape index (κ1) is 19.2. The summed E-state index contributed by atoms with van der Waals surface area (Å²) in [5.41, 5.74) is 1.66. The maximum atomic E-state index is 12.3. The number of anilines is 1. The minimum atomic E-state index is -3.37. The van der Waals surface area contributed by atoms with Crippen molar-refractivity contribution in [1.29, 1.82) is 0 Å². The second kappa shape index (κ2) is 7.43. The average Bonchev–Trinajstić information content (AvgIpc) is 2.86. The van der Waals surface area contributed by atoms with Gasteiger partial charge in [0.2, 0.25) is 10.0 Å². The molecule has 0 bridgehead atoms. The zero-order valence-electron chi connectivity index (χ0n) is 14.9. The Kier molecular flexibility index (Phi) is 5.72. The molecule has 8 heteroatoms. The van der Waals surface area contributed by atoms with Gasteiger partial charge in [0, 0.05) is 12.6 Å². The van der Waals surface area contributed by atoms with Crippen molar-refractivity contribution in [2.75, 3.05) is 17.1 Å². The summed E-state index contributed by atoms with van der Waals surface area (Å²) >= 11 is 0. The van der Waals surface area contributed by atoms with Crippen LogP contribution in [0.15, 0.2) is 18.2 Å². The zero-order chi connectivity index (χ0) is 18.8. The van der Waals surface area contributed by atoms with Gasteiger partial charge in [-0.15, -0.1) is 0 Å². The molecule has 0 aliphatic carbocycles. The van der Waals surface area contributed by atoms with Gasteiger partial charge in [-0.1, -0.05) is 6.92 Å². The summed E-state index contributed by atoms with van der Waals surface area (Å²) in [6.45, 7) is 5.80. The van der Waals surface area contributed by atoms with E-state index in [9.17, 15) is 18.0 Å². The van der Waals surface area contributed by atoms with Crippen LogP contribution in [0.2, 0.25) is 0 Å². The van der Waals surface area contributed by atoms with Crippen LogP contribution >= 0.6 is 0 Å². The molecule has 1 amide bonds. The van der Waals surface area contributed by atoms with Gasteiger partial charge in [-0.05, 0) is 50.5 Å². The molecule has 1 aromatic carbocycles. The van der Waals surface area contributed by atoms with E-state index in [0.717, 1.165) is 18.2 Å². The smallest absolute Gasteiger partial charge is 0.338 e. The summed E-state index contributed by atoms with van der Waals surface area (Å²) < 4.78 is 30.4. The molecule has 1 aliphatic heterocycles. The number of esters is 1. The predicted octanol–water partition coefficient (Wildman–Crippen LogP) is 1.47. The number of benzene rings is 1. The number of hydrogen-bond donors (Lipinski definition) is 1. The molecule has 0 saturated carbocycles. The van der Waals surface area contributed by atoms with Gasteiger partial charge in [-0.3, -0.25) is 9.10 Å². The predicted molar refractivity (Wildman–Crippen MR) is 95.1 cm³/mol. The minimum absolute atomic E-state index is 0.199. The molecule has 7 nitrogen and oxygen atoms in total. The standard InChI is InChI=1S/C17H24N2O5S/c1-5-8-18-16(20)12(3)24-17(21)13-6-7-15-14(10-13)9-11(2)19(15)25(4,22)23/h6-7,10-12H,5,8-9H2,1-4H3,(H,18,20). The Morgan fingerprint density at radius 3 is 2.68 bits per heavy atom. The summed E-state index contributed by atoms with van der Waals surface area (Å²) in [7, 11) is -3.37. The number of fused-ring (bicyclic) bond motifs is 1. The lowest BCUT2D eigenvalue weighted by atomic mass is 10.1. The van der Waals surface area contributed by atoms with E-state index in [-0.39, 0.29) is 11.9 Å². The van der Waals surface area contributed by atoms with Crippen LogP contribution in [0, 0.1) is 0 Å². The lowest BCUT2D eigenvalue weighted by Crippen LogP contribution is -2.36. The van der Waals surface area contributed by atoms with E-state index in [1.54, 1.807) is 12.1 Å². The number of amides is 1. The van der Waals surface area contributed by atoms with Crippen molar-refractivity contribution < 1.29 is 22.7 Å². The molecule has 1 aromatic rings. The molecule has 0 saturated heterocycles. The highest BCUT2D eigenvalue weighted by Gasteiger charge is 2.33. The molecular formula is C17H24N2O5S. The van der Waals surface area contributed by atoms with Gasteiger partial charge in [-0.2, -0.15) is 0 Å². The van der Waals surface area contributed by atoms with Gasteiger partial charge in [0.15, 0.2) is 6.10 Å². The minimum Gasteiger partial charge on any atom is -0.449 e. The first-order valence-electron chi connectivity index (χ1n) is 8.26. The van der Waals surface area contributed by atoms with Crippen LogP contribution in [-0.4, -0.2) is 45.2 Å². The van der Waals surface area contributed by atoms with Crippen LogP contribution in [0.1, 0.15) is 43.1 Å². The second-order valence-corrected chi connectivity index (χ2v) is 8.15. The Labute approximate surface area is 148 Å². The Hall–Kier alpha value is -2.09. The van der Waals surface area contributed by atoms with Gasteiger partial charge >= 0.3 is 5.97 Å². The fourth-order valence-electron chi connectivity index (χ4n) is 2.91. The summed E-state index contributed by atoms with van der Waals surface area (Å²) in [5.74, 6) is -0.944. The number of nitrogens with zero attached hydrogens (tertiary/aromatic N) is 1. The van der Waals surface area contributed by atoms with Crippen molar-refractivity contribution in [2.45, 2.75) is 45.8 Å². The van der Waals surface area contributed by atoms with Crippen molar-refractivity contribution in [3.8, 4) is 0 Å². The van der Waals surface area contributed by atoms with Crippen LogP contribution in [0.4, 0.5) is 5.69 Å². The molecule has 2 unspecified atom stereocenters. The monoisotopic (exact) mass is 368 g/mol. The highest BCUT2D eigenvalue weighted by Crippen LogP contribution is 2.34. The van der Waals surface area contributed by atoms with Crippen molar-refractivity contribution in [2.24, 2.45) is 0 Å². The Morgan fingerprint density at radius 2 is 2.08 bits per heavy atom. The summed E-state index contributed by atoms with van der Waals surface area (Å²) in [4.78, 5) is 24.0. The van der Waals surface area contributed by atoms with E-state index in [2.05, 4.69) is 5.32 Å². The second-order valence-electron chi connectivity index (χ2n) is 6.29. The number of ether oxygens (including phenoxy) is 1. The van der Waals surface area contributed by atoms with Crippen molar-refractivity contribution in [3.05, 3.63) is 29.3 Å². The molecule has 0 aromatic heterocycles. The van der Waals surface area contributed by atoms with E-state index in [4.69, 9.17) is 4.74 Å². The van der Waals surface area contributed by atoms with E-state index in [1.807, 2.05) is 13.8 Å². The normalized spacial score (nSPS) is 17.8. The first-order valence-corrected chi connectivity index (χ1v) is 10.1. The summed E-state index contributed by atoms with van der Waals surface area (Å²) in [5, 5.41) is 2.67. The molecule has 25 heavy (non-hydrogen) atoms. The molecule has 0 spiro atoms. The van der Waals surface area contributed by atoms with E-state index < -0.39 is 22.1 Å². The Bertz CT molecular complexity index is 775. The Balaban J connectivity index is 2.14. The summed E-state index contributed by atoms with van der Waals surface area (Å²) in [6, 6.07) is 4.57. The highest BCUT2D eigenvalue weighted by molar-refractivity contribution is 7.92. The SMILES string of the molecule is CCCNC(=O)C(C)OC(=O)c1ccc2c(c1)CC(C)N2S(C)(=O)=O. The number of hydrogen-bond acceptors (Lipinski definition) is 5. The maximum absolute atomic E-state index is 12.3. The van der Waals surface area contributed by atoms with E-state index in [0.29, 0.717) is 24.2 Å². The van der Waals surface area contributed by atoms with Crippen LogP contribution in [0.3, 0.4) is 0 Å². The van der Waals surface area contributed by atoms with E-state index in [1.165, 1.54) is 17.3 Å². The van der Waals surface area contributed by atoms with Crippen LogP contribution in [0.25, 0.3) is 0 Å². The van der Waals surface area contributed by atoms with Crippen LogP contribution in [0.5, 0.6) is 0 Å². The summed E-state index contributed by atoms with van der Waals surface area (Å²) in [6.07, 6.45) is 1.60. The van der Waals surface area contributed by atoms with Crippen molar-refractivity contribution in [3.63, 3.8) is 0 Å². The molecule has 0 fully saturated rings. The third-order valence-electron chi connectivity index (χ3n) is 4.03. The van der Waals surface area contributed by atoms with Crippen LogP contribution in [-0.2, 0) is 26.0 Å². The first-order chi connectivity index (χ1) is 11.6.